The normalized spacial score (nSPS) is 14.2. The van der Waals surface area contributed by atoms with Crippen molar-refractivity contribution in [2.75, 3.05) is 6.54 Å². The molecule has 18 heavy (non-hydrogen) atoms. The number of aryl methyl sites for hydroxylation is 1. The molecular formula is C12H14N2O3S. The number of aliphatic hydroxyl groups is 1. The molecule has 0 aromatic carbocycles. The number of nitrogens with zero attached hydrogens (tertiary/aromatic N) is 1. The molecule has 96 valence electrons. The van der Waals surface area contributed by atoms with Crippen LogP contribution in [0.15, 0.2) is 28.1 Å². The Morgan fingerprint density at radius 1 is 1.67 bits per heavy atom. The summed E-state index contributed by atoms with van der Waals surface area (Å²) in [4.78, 5) is 12.5. The van der Waals surface area contributed by atoms with Crippen LogP contribution in [0.5, 0.6) is 0 Å². The van der Waals surface area contributed by atoms with Crippen LogP contribution < -0.4 is 5.32 Å². The van der Waals surface area contributed by atoms with E-state index in [4.69, 9.17) is 4.52 Å². The van der Waals surface area contributed by atoms with E-state index in [0.29, 0.717) is 5.76 Å². The molecule has 2 aromatic heterocycles. The van der Waals surface area contributed by atoms with E-state index in [1.165, 1.54) is 11.3 Å². The van der Waals surface area contributed by atoms with Crippen molar-refractivity contribution in [3.05, 3.63) is 39.9 Å². The first kappa shape index (κ1) is 12.8. The van der Waals surface area contributed by atoms with Crippen molar-refractivity contribution < 1.29 is 14.4 Å². The van der Waals surface area contributed by atoms with Gasteiger partial charge in [-0.05, 0) is 25.3 Å². The van der Waals surface area contributed by atoms with Gasteiger partial charge >= 0.3 is 0 Å². The Morgan fingerprint density at radius 2 is 2.44 bits per heavy atom. The lowest BCUT2D eigenvalue weighted by molar-refractivity contribution is 0.0554. The smallest absolute Gasteiger partial charge is 0.273 e. The summed E-state index contributed by atoms with van der Waals surface area (Å²) in [6.07, 6.45) is 0. The van der Waals surface area contributed by atoms with Crippen molar-refractivity contribution in [2.24, 2.45) is 0 Å². The summed E-state index contributed by atoms with van der Waals surface area (Å²) in [5.41, 5.74) is -0.864. The Kier molecular flexibility index (Phi) is 3.49. The highest BCUT2D eigenvalue weighted by Crippen LogP contribution is 2.24. The quantitative estimate of drug-likeness (QED) is 0.883. The minimum absolute atomic E-state index is 0.123. The SMILES string of the molecule is Cc1cc(C(=O)NCC(C)(O)c2cccs2)no1. The van der Waals surface area contributed by atoms with Crippen LogP contribution in [0.1, 0.15) is 28.0 Å². The van der Waals surface area contributed by atoms with Gasteiger partial charge in [-0.25, -0.2) is 0 Å². The zero-order valence-corrected chi connectivity index (χ0v) is 11.0. The van der Waals surface area contributed by atoms with Gasteiger partial charge in [0.1, 0.15) is 11.4 Å². The van der Waals surface area contributed by atoms with Crippen LogP contribution in [0.3, 0.4) is 0 Å². The van der Waals surface area contributed by atoms with E-state index < -0.39 is 5.60 Å². The number of carbonyl (C=O) groups excluding carboxylic acids is 1. The first-order valence-electron chi connectivity index (χ1n) is 5.47. The lowest BCUT2D eigenvalue weighted by Crippen LogP contribution is -2.38. The lowest BCUT2D eigenvalue weighted by atomic mass is 10.1. The topological polar surface area (TPSA) is 75.4 Å². The number of hydrogen-bond acceptors (Lipinski definition) is 5. The summed E-state index contributed by atoms with van der Waals surface area (Å²) >= 11 is 1.45. The van der Waals surface area contributed by atoms with Gasteiger partial charge in [-0.1, -0.05) is 11.2 Å². The second-order valence-electron chi connectivity index (χ2n) is 4.26. The van der Waals surface area contributed by atoms with Gasteiger partial charge in [0.05, 0.1) is 6.54 Å². The molecule has 2 aromatic rings. The van der Waals surface area contributed by atoms with Gasteiger partial charge in [0.25, 0.3) is 5.91 Å². The summed E-state index contributed by atoms with van der Waals surface area (Å²) < 4.78 is 4.82. The predicted octanol–water partition coefficient (Wildman–Crippen LogP) is 1.68. The minimum Gasteiger partial charge on any atom is -0.383 e. The Bertz CT molecular complexity index is 531. The van der Waals surface area contributed by atoms with E-state index in [1.54, 1.807) is 19.9 Å². The first-order chi connectivity index (χ1) is 8.49. The van der Waals surface area contributed by atoms with E-state index in [0.717, 1.165) is 4.88 Å². The average molecular weight is 266 g/mol. The molecule has 0 aliphatic carbocycles. The van der Waals surface area contributed by atoms with Crippen molar-refractivity contribution in [2.45, 2.75) is 19.4 Å². The van der Waals surface area contributed by atoms with Crippen molar-refractivity contribution >= 4 is 17.2 Å². The van der Waals surface area contributed by atoms with Gasteiger partial charge in [0, 0.05) is 10.9 Å². The fraction of sp³-hybridized carbons (Fsp3) is 0.333. The molecule has 5 nitrogen and oxygen atoms in total. The van der Waals surface area contributed by atoms with Crippen molar-refractivity contribution in [3.63, 3.8) is 0 Å². The molecular weight excluding hydrogens is 252 g/mol. The van der Waals surface area contributed by atoms with Crippen LogP contribution >= 0.6 is 11.3 Å². The third-order valence-corrected chi connectivity index (χ3v) is 3.63. The first-order valence-corrected chi connectivity index (χ1v) is 6.35. The highest BCUT2D eigenvalue weighted by atomic mass is 32.1. The number of thiophene rings is 1. The summed E-state index contributed by atoms with van der Waals surface area (Å²) in [6.45, 7) is 3.50. The van der Waals surface area contributed by atoms with Crippen LogP contribution in [0.2, 0.25) is 0 Å². The Labute approximate surface area is 108 Å². The lowest BCUT2D eigenvalue weighted by Gasteiger charge is -2.21. The van der Waals surface area contributed by atoms with Gasteiger partial charge < -0.3 is 14.9 Å². The van der Waals surface area contributed by atoms with E-state index in [1.807, 2.05) is 17.5 Å². The monoisotopic (exact) mass is 266 g/mol. The van der Waals surface area contributed by atoms with Gasteiger partial charge in [-0.15, -0.1) is 11.3 Å². The summed E-state index contributed by atoms with van der Waals surface area (Å²) in [7, 11) is 0. The molecule has 1 unspecified atom stereocenters. The van der Waals surface area contributed by atoms with Gasteiger partial charge in [0.2, 0.25) is 0 Å². The molecule has 0 aliphatic rings. The minimum atomic E-state index is -1.08. The number of nitrogens with one attached hydrogen (secondary N) is 1. The number of hydrogen-bond donors (Lipinski definition) is 2. The molecule has 0 fully saturated rings. The molecule has 0 saturated heterocycles. The third-order valence-electron chi connectivity index (χ3n) is 2.51. The van der Waals surface area contributed by atoms with E-state index in [9.17, 15) is 9.90 Å². The maximum atomic E-state index is 11.7. The molecule has 2 N–H and O–H groups in total. The van der Waals surface area contributed by atoms with E-state index >= 15 is 0 Å². The van der Waals surface area contributed by atoms with Crippen LogP contribution in [-0.4, -0.2) is 22.7 Å². The molecule has 0 spiro atoms. The van der Waals surface area contributed by atoms with Crippen LogP contribution in [0.25, 0.3) is 0 Å². The van der Waals surface area contributed by atoms with Crippen molar-refractivity contribution in [1.29, 1.82) is 0 Å². The molecule has 0 radical (unpaired) electrons. The van der Waals surface area contributed by atoms with Gasteiger partial charge in [-0.3, -0.25) is 4.79 Å². The van der Waals surface area contributed by atoms with E-state index in [-0.39, 0.29) is 18.1 Å². The van der Waals surface area contributed by atoms with Crippen molar-refractivity contribution in [3.8, 4) is 0 Å². The van der Waals surface area contributed by atoms with Crippen molar-refractivity contribution in [1.82, 2.24) is 10.5 Å². The zero-order valence-electron chi connectivity index (χ0n) is 10.1. The van der Waals surface area contributed by atoms with Crippen LogP contribution in [0, 0.1) is 6.92 Å². The maximum Gasteiger partial charge on any atom is 0.273 e. The Hall–Kier alpha value is -1.66. The maximum absolute atomic E-state index is 11.7. The summed E-state index contributed by atoms with van der Waals surface area (Å²) in [6, 6.07) is 5.24. The summed E-state index contributed by atoms with van der Waals surface area (Å²) in [5.74, 6) is 0.217. The third kappa shape index (κ3) is 2.77. The summed E-state index contributed by atoms with van der Waals surface area (Å²) in [5, 5.41) is 18.4. The Balaban J connectivity index is 1.98. The predicted molar refractivity (Wildman–Crippen MR) is 67.5 cm³/mol. The molecule has 2 rings (SSSR count). The number of amides is 1. The molecule has 1 amide bonds. The van der Waals surface area contributed by atoms with Gasteiger partial charge in [-0.2, -0.15) is 0 Å². The fourth-order valence-corrected chi connectivity index (χ4v) is 2.28. The molecule has 6 heteroatoms. The number of rotatable bonds is 4. The molecule has 0 aliphatic heterocycles. The Morgan fingerprint density at radius 3 is 3.00 bits per heavy atom. The number of carbonyl (C=O) groups is 1. The number of aromatic nitrogens is 1. The van der Waals surface area contributed by atoms with Crippen LogP contribution in [-0.2, 0) is 5.60 Å². The zero-order chi connectivity index (χ0) is 13.2. The highest BCUT2D eigenvalue weighted by Gasteiger charge is 2.25. The van der Waals surface area contributed by atoms with Gasteiger partial charge in [0.15, 0.2) is 5.69 Å². The molecule has 0 bridgehead atoms. The molecule has 2 heterocycles. The van der Waals surface area contributed by atoms with Crippen LogP contribution in [0.4, 0.5) is 0 Å². The molecule has 0 saturated carbocycles. The second kappa shape index (κ2) is 4.91. The second-order valence-corrected chi connectivity index (χ2v) is 5.20. The molecule has 1 atom stereocenters. The fourth-order valence-electron chi connectivity index (χ4n) is 1.49. The van der Waals surface area contributed by atoms with E-state index in [2.05, 4.69) is 10.5 Å². The highest BCUT2D eigenvalue weighted by molar-refractivity contribution is 7.10. The average Bonchev–Trinajstić information content (AvgIpc) is 2.96. The standard InChI is InChI=1S/C12H14N2O3S/c1-8-6-9(14-17-8)11(15)13-7-12(2,16)10-4-3-5-18-10/h3-6,16H,7H2,1-2H3,(H,13,15). The largest absolute Gasteiger partial charge is 0.383 e.